The zero-order valence-electron chi connectivity index (χ0n) is 8.79. The van der Waals surface area contributed by atoms with Crippen LogP contribution < -0.4 is 5.32 Å². The van der Waals surface area contributed by atoms with Crippen LogP contribution in [0.15, 0.2) is 18.2 Å². The van der Waals surface area contributed by atoms with Gasteiger partial charge in [0.05, 0.1) is 11.5 Å². The first-order valence-electron chi connectivity index (χ1n) is 4.71. The highest BCUT2D eigenvalue weighted by atomic mass is 16.6. The number of nitro groups is 1. The molecule has 0 aliphatic rings. The third-order valence-electron chi connectivity index (χ3n) is 2.05. The van der Waals surface area contributed by atoms with E-state index < -0.39 is 4.92 Å². The maximum absolute atomic E-state index is 10.7. The number of nitrogens with one attached hydrogen (secondary N) is 1. The number of ether oxygens (including phenoxy) is 1. The van der Waals surface area contributed by atoms with Gasteiger partial charge in [-0.25, -0.2) is 0 Å². The SMILES string of the molecule is O=CNc1ccc(CCOC=O)cc1[N+](=O)[O-]. The number of carbonyl (C=O) groups is 2. The van der Waals surface area contributed by atoms with E-state index in [-0.39, 0.29) is 18.0 Å². The van der Waals surface area contributed by atoms with Crippen molar-refractivity contribution in [2.75, 3.05) is 11.9 Å². The molecule has 0 aromatic heterocycles. The average molecular weight is 238 g/mol. The Hall–Kier alpha value is -2.44. The lowest BCUT2D eigenvalue weighted by Gasteiger charge is -2.04. The first-order chi connectivity index (χ1) is 8.19. The molecular formula is C10H10N2O5. The van der Waals surface area contributed by atoms with Gasteiger partial charge < -0.3 is 10.1 Å². The van der Waals surface area contributed by atoms with Crippen LogP contribution in [0.2, 0.25) is 0 Å². The summed E-state index contributed by atoms with van der Waals surface area (Å²) < 4.78 is 4.49. The van der Waals surface area contributed by atoms with Gasteiger partial charge in [-0.2, -0.15) is 0 Å². The summed E-state index contributed by atoms with van der Waals surface area (Å²) >= 11 is 0. The van der Waals surface area contributed by atoms with Crippen molar-refractivity contribution in [2.45, 2.75) is 6.42 Å². The molecule has 0 spiro atoms. The topological polar surface area (TPSA) is 98.5 Å². The van der Waals surface area contributed by atoms with Crippen molar-refractivity contribution >= 4 is 24.3 Å². The van der Waals surface area contributed by atoms with Crippen LogP contribution in [0.3, 0.4) is 0 Å². The molecule has 1 rings (SSSR count). The number of hydrogen-bond acceptors (Lipinski definition) is 5. The van der Waals surface area contributed by atoms with E-state index in [1.165, 1.54) is 12.1 Å². The van der Waals surface area contributed by atoms with E-state index in [1.807, 2.05) is 0 Å². The van der Waals surface area contributed by atoms with Gasteiger partial charge in [-0.05, 0) is 11.6 Å². The lowest BCUT2D eigenvalue weighted by Crippen LogP contribution is -2.02. The normalized spacial score (nSPS) is 9.41. The fraction of sp³-hybridized carbons (Fsp3) is 0.200. The summed E-state index contributed by atoms with van der Waals surface area (Å²) in [6, 6.07) is 4.38. The molecule has 1 aromatic carbocycles. The largest absolute Gasteiger partial charge is 0.468 e. The van der Waals surface area contributed by atoms with Gasteiger partial charge in [-0.15, -0.1) is 0 Å². The molecule has 1 amide bonds. The highest BCUT2D eigenvalue weighted by Crippen LogP contribution is 2.25. The van der Waals surface area contributed by atoms with Crippen molar-refractivity contribution in [1.29, 1.82) is 0 Å². The van der Waals surface area contributed by atoms with E-state index in [4.69, 9.17) is 0 Å². The van der Waals surface area contributed by atoms with Gasteiger partial charge in [0.2, 0.25) is 6.41 Å². The lowest BCUT2D eigenvalue weighted by atomic mass is 10.1. The van der Waals surface area contributed by atoms with E-state index in [0.29, 0.717) is 24.9 Å². The van der Waals surface area contributed by atoms with Gasteiger partial charge in [-0.1, -0.05) is 6.07 Å². The number of nitrogens with zero attached hydrogens (tertiary/aromatic N) is 1. The zero-order valence-corrected chi connectivity index (χ0v) is 8.79. The second kappa shape index (κ2) is 6.21. The van der Waals surface area contributed by atoms with Crippen LogP contribution in [0.25, 0.3) is 0 Å². The second-order valence-electron chi connectivity index (χ2n) is 3.09. The lowest BCUT2D eigenvalue weighted by molar-refractivity contribution is -0.384. The zero-order chi connectivity index (χ0) is 12.7. The predicted octanol–water partition coefficient (Wildman–Crippen LogP) is 0.879. The molecule has 1 N–H and O–H groups in total. The monoisotopic (exact) mass is 238 g/mol. The average Bonchev–Trinajstić information content (AvgIpc) is 2.31. The third-order valence-corrected chi connectivity index (χ3v) is 2.05. The molecular weight excluding hydrogens is 228 g/mol. The van der Waals surface area contributed by atoms with Crippen LogP contribution in [0.4, 0.5) is 11.4 Å². The molecule has 7 heteroatoms. The summed E-state index contributed by atoms with van der Waals surface area (Å²) in [6.07, 6.45) is 0.748. The molecule has 1 aromatic rings. The third kappa shape index (κ3) is 3.56. The molecule has 0 unspecified atom stereocenters. The van der Waals surface area contributed by atoms with Crippen LogP contribution in [0.5, 0.6) is 0 Å². The van der Waals surface area contributed by atoms with Crippen molar-refractivity contribution < 1.29 is 19.2 Å². The van der Waals surface area contributed by atoms with Gasteiger partial charge in [0.1, 0.15) is 5.69 Å². The van der Waals surface area contributed by atoms with Gasteiger partial charge in [0.25, 0.3) is 12.2 Å². The highest BCUT2D eigenvalue weighted by molar-refractivity contribution is 5.77. The van der Waals surface area contributed by atoms with Crippen LogP contribution >= 0.6 is 0 Å². The molecule has 0 atom stereocenters. The van der Waals surface area contributed by atoms with E-state index in [9.17, 15) is 19.7 Å². The standard InChI is InChI=1S/C10H10N2O5/c13-6-11-9-2-1-8(3-4-17-7-14)5-10(9)12(15)16/h1-2,5-7H,3-4H2,(H,11,13). The van der Waals surface area contributed by atoms with Crippen molar-refractivity contribution in [1.82, 2.24) is 0 Å². The Morgan fingerprint density at radius 2 is 2.18 bits per heavy atom. The maximum atomic E-state index is 10.7. The first kappa shape index (κ1) is 12.6. The van der Waals surface area contributed by atoms with Crippen molar-refractivity contribution in [2.24, 2.45) is 0 Å². The van der Waals surface area contributed by atoms with Gasteiger partial charge >= 0.3 is 0 Å². The molecule has 0 saturated heterocycles. The predicted molar refractivity (Wildman–Crippen MR) is 58.5 cm³/mol. The molecule has 0 bridgehead atoms. The molecule has 0 fully saturated rings. The Labute approximate surface area is 96.5 Å². The number of carbonyl (C=O) groups excluding carboxylic acids is 2. The van der Waals surface area contributed by atoms with Gasteiger partial charge in [0, 0.05) is 12.5 Å². The van der Waals surface area contributed by atoms with E-state index in [1.54, 1.807) is 6.07 Å². The van der Waals surface area contributed by atoms with E-state index in [2.05, 4.69) is 10.1 Å². The molecule has 17 heavy (non-hydrogen) atoms. The maximum Gasteiger partial charge on any atom is 0.293 e. The highest BCUT2D eigenvalue weighted by Gasteiger charge is 2.13. The molecule has 0 aliphatic heterocycles. The Bertz CT molecular complexity index is 433. The number of anilines is 1. The molecule has 90 valence electrons. The van der Waals surface area contributed by atoms with Crippen LogP contribution in [0.1, 0.15) is 5.56 Å². The number of nitro benzene ring substituents is 1. The van der Waals surface area contributed by atoms with Crippen molar-refractivity contribution in [3.8, 4) is 0 Å². The van der Waals surface area contributed by atoms with Gasteiger partial charge in [0.15, 0.2) is 0 Å². The molecule has 0 heterocycles. The quantitative estimate of drug-likeness (QED) is 0.329. The number of hydrogen-bond donors (Lipinski definition) is 1. The van der Waals surface area contributed by atoms with Crippen LogP contribution in [0, 0.1) is 10.1 Å². The van der Waals surface area contributed by atoms with Crippen LogP contribution in [-0.4, -0.2) is 24.4 Å². The minimum Gasteiger partial charge on any atom is -0.468 e. The number of rotatable bonds is 7. The molecule has 0 saturated carbocycles. The van der Waals surface area contributed by atoms with Crippen molar-refractivity contribution in [3.63, 3.8) is 0 Å². The molecule has 0 aliphatic carbocycles. The molecule has 0 radical (unpaired) electrons. The Morgan fingerprint density at radius 3 is 2.76 bits per heavy atom. The fourth-order valence-corrected chi connectivity index (χ4v) is 1.29. The van der Waals surface area contributed by atoms with E-state index >= 15 is 0 Å². The van der Waals surface area contributed by atoms with Crippen molar-refractivity contribution in [3.05, 3.63) is 33.9 Å². The minimum absolute atomic E-state index is 0.130. The summed E-state index contributed by atoms with van der Waals surface area (Å²) in [5, 5.41) is 13.0. The minimum atomic E-state index is -0.587. The smallest absolute Gasteiger partial charge is 0.293 e. The molecule has 7 nitrogen and oxygen atoms in total. The van der Waals surface area contributed by atoms with Gasteiger partial charge in [-0.3, -0.25) is 19.7 Å². The Balaban J connectivity index is 2.88. The van der Waals surface area contributed by atoms with E-state index in [0.717, 1.165) is 0 Å². The van der Waals surface area contributed by atoms with Crippen LogP contribution in [-0.2, 0) is 20.7 Å². The Morgan fingerprint density at radius 1 is 1.41 bits per heavy atom. The second-order valence-corrected chi connectivity index (χ2v) is 3.09. The summed E-state index contributed by atoms with van der Waals surface area (Å²) in [5.41, 5.74) is 0.584. The summed E-state index contributed by atoms with van der Waals surface area (Å²) in [7, 11) is 0. The number of benzene rings is 1. The number of amides is 1. The summed E-state index contributed by atoms with van der Waals surface area (Å²) in [6.45, 7) is 0.470. The summed E-state index contributed by atoms with van der Waals surface area (Å²) in [5.74, 6) is 0. The first-order valence-corrected chi connectivity index (χ1v) is 4.71. The Kier molecular flexibility index (Phi) is 4.61. The fourth-order valence-electron chi connectivity index (χ4n) is 1.29. The summed E-state index contributed by atoms with van der Waals surface area (Å²) in [4.78, 5) is 30.3.